The maximum absolute atomic E-state index is 13.5. The lowest BCUT2D eigenvalue weighted by Crippen LogP contribution is -2.32. The molecule has 0 atom stereocenters. The average Bonchev–Trinajstić information content (AvgIpc) is 3.63. The Morgan fingerprint density at radius 1 is 0.943 bits per heavy atom. The molecule has 5 nitrogen and oxygen atoms in total. The minimum Gasteiger partial charge on any atom is -0.493 e. The normalized spacial score (nSPS) is 14.1. The second-order valence-corrected chi connectivity index (χ2v) is 8.70. The Balaban J connectivity index is 1.44. The van der Waals surface area contributed by atoms with Crippen molar-refractivity contribution in [2.24, 2.45) is 0 Å². The number of benzene rings is 3. The molecule has 4 rings (SSSR count). The Morgan fingerprint density at radius 2 is 1.60 bits per heavy atom. The SMILES string of the molecule is [2H]C1(N(Cc2ccccc2OCCCCCC(=O)O)C(=O)c2ccc(-c3ccc(F)cc3)cc2)CC1. The van der Waals surface area contributed by atoms with Crippen molar-refractivity contribution in [3.05, 3.63) is 89.7 Å². The van der Waals surface area contributed by atoms with Crippen LogP contribution in [0.4, 0.5) is 4.39 Å². The zero-order valence-corrected chi connectivity index (χ0v) is 19.6. The van der Waals surface area contributed by atoms with Crippen molar-refractivity contribution in [3.63, 3.8) is 0 Å². The van der Waals surface area contributed by atoms with Crippen molar-refractivity contribution in [2.45, 2.75) is 51.1 Å². The Bertz CT molecular complexity index is 1190. The van der Waals surface area contributed by atoms with Crippen LogP contribution in [0.3, 0.4) is 0 Å². The maximum Gasteiger partial charge on any atom is 0.303 e. The summed E-state index contributed by atoms with van der Waals surface area (Å²) in [5.41, 5.74) is 3.07. The number of carboxylic acids is 1. The van der Waals surface area contributed by atoms with Crippen LogP contribution in [-0.4, -0.2) is 34.5 Å². The van der Waals surface area contributed by atoms with Gasteiger partial charge in [-0.25, -0.2) is 4.39 Å². The topological polar surface area (TPSA) is 66.8 Å². The van der Waals surface area contributed by atoms with Gasteiger partial charge in [0.05, 0.1) is 7.98 Å². The first-order valence-electron chi connectivity index (χ1n) is 12.5. The van der Waals surface area contributed by atoms with Crippen LogP contribution in [0.5, 0.6) is 5.75 Å². The number of para-hydroxylation sites is 1. The van der Waals surface area contributed by atoms with E-state index in [1.54, 1.807) is 29.2 Å². The number of aliphatic carboxylic acids is 1. The zero-order valence-electron chi connectivity index (χ0n) is 20.6. The van der Waals surface area contributed by atoms with Crippen molar-refractivity contribution in [1.82, 2.24) is 4.90 Å². The molecule has 1 N–H and O–H groups in total. The smallest absolute Gasteiger partial charge is 0.303 e. The Morgan fingerprint density at radius 3 is 2.26 bits per heavy atom. The fraction of sp³-hybridized carbons (Fsp3) is 0.310. The standard InChI is InChI=1S/C29H30FNO4/c30-25-15-13-22(14-16-25)21-9-11-23(12-10-21)29(34)31(26-17-18-26)20-24-6-3-4-7-27(24)35-19-5-1-2-8-28(32)33/h3-4,6-7,9-16,26H,1-2,5,8,17-20H2,(H,32,33)/i26D. The van der Waals surface area contributed by atoms with Crippen molar-refractivity contribution in [2.75, 3.05) is 6.61 Å². The number of unbranched alkanes of at least 4 members (excludes halogenated alkanes) is 2. The third kappa shape index (κ3) is 6.92. The van der Waals surface area contributed by atoms with Gasteiger partial charge in [0, 0.05) is 30.1 Å². The highest BCUT2D eigenvalue weighted by Gasteiger charge is 2.33. The van der Waals surface area contributed by atoms with Crippen LogP contribution in [0.1, 0.15) is 55.8 Å². The number of amides is 1. The van der Waals surface area contributed by atoms with Gasteiger partial charge in [-0.2, -0.15) is 0 Å². The van der Waals surface area contributed by atoms with Crippen LogP contribution >= 0.6 is 0 Å². The molecule has 6 heteroatoms. The second-order valence-electron chi connectivity index (χ2n) is 8.70. The van der Waals surface area contributed by atoms with Crippen LogP contribution in [0, 0.1) is 5.82 Å². The number of carboxylic acid groups (broad SMARTS) is 1. The fourth-order valence-corrected chi connectivity index (χ4v) is 3.94. The third-order valence-electron chi connectivity index (χ3n) is 6.00. The predicted octanol–water partition coefficient (Wildman–Crippen LogP) is 6.32. The van der Waals surface area contributed by atoms with E-state index in [9.17, 15) is 14.0 Å². The van der Waals surface area contributed by atoms with Crippen molar-refractivity contribution >= 4 is 11.9 Å². The van der Waals surface area contributed by atoms with Crippen LogP contribution < -0.4 is 4.74 Å². The average molecular weight is 477 g/mol. The molecule has 0 spiro atoms. The lowest BCUT2D eigenvalue weighted by molar-refractivity contribution is -0.137. The van der Waals surface area contributed by atoms with E-state index in [4.69, 9.17) is 11.2 Å². The summed E-state index contributed by atoms with van der Waals surface area (Å²) in [6.45, 7) is 0.721. The molecular weight excluding hydrogens is 445 g/mol. The molecule has 1 fully saturated rings. The summed E-state index contributed by atoms with van der Waals surface area (Å²) in [6, 6.07) is 20.0. The number of carbonyl (C=O) groups is 2. The number of hydrogen-bond acceptors (Lipinski definition) is 3. The quantitative estimate of drug-likeness (QED) is 0.311. The number of carbonyl (C=O) groups excluding carboxylic acids is 1. The van der Waals surface area contributed by atoms with E-state index in [0.717, 1.165) is 29.5 Å². The van der Waals surface area contributed by atoms with Gasteiger partial charge in [-0.05, 0) is 73.6 Å². The molecule has 1 amide bonds. The molecule has 1 aliphatic rings. The van der Waals surface area contributed by atoms with E-state index in [1.807, 2.05) is 36.4 Å². The third-order valence-corrected chi connectivity index (χ3v) is 6.00. The number of hydrogen-bond donors (Lipinski definition) is 1. The minimum absolute atomic E-state index is 0.157. The number of halogens is 1. The molecule has 0 heterocycles. The monoisotopic (exact) mass is 476 g/mol. The van der Waals surface area contributed by atoms with Gasteiger partial charge in [-0.3, -0.25) is 9.59 Å². The molecule has 1 aliphatic carbocycles. The highest BCUT2D eigenvalue weighted by atomic mass is 19.1. The van der Waals surface area contributed by atoms with Gasteiger partial charge in [-0.15, -0.1) is 0 Å². The molecule has 3 aromatic carbocycles. The highest BCUT2D eigenvalue weighted by molar-refractivity contribution is 5.95. The first-order valence-corrected chi connectivity index (χ1v) is 12.0. The summed E-state index contributed by atoms with van der Waals surface area (Å²) in [7, 11) is 0. The van der Waals surface area contributed by atoms with Crippen LogP contribution in [0.25, 0.3) is 11.1 Å². The molecule has 0 radical (unpaired) electrons. The highest BCUT2D eigenvalue weighted by Crippen LogP contribution is 2.32. The van der Waals surface area contributed by atoms with E-state index in [-0.39, 0.29) is 24.7 Å². The summed E-state index contributed by atoms with van der Waals surface area (Å²) in [4.78, 5) is 25.7. The van der Waals surface area contributed by atoms with E-state index < -0.39 is 12.0 Å². The van der Waals surface area contributed by atoms with Gasteiger partial charge < -0.3 is 14.7 Å². The van der Waals surface area contributed by atoms with Gasteiger partial charge in [0.25, 0.3) is 5.91 Å². The number of ether oxygens (including phenoxy) is 1. The lowest BCUT2D eigenvalue weighted by atomic mass is 10.0. The fourth-order valence-electron chi connectivity index (χ4n) is 3.94. The Hall–Kier alpha value is -3.67. The van der Waals surface area contributed by atoms with Crippen molar-refractivity contribution in [3.8, 4) is 16.9 Å². The van der Waals surface area contributed by atoms with Gasteiger partial charge in [-0.1, -0.05) is 42.5 Å². The molecule has 0 unspecified atom stereocenters. The van der Waals surface area contributed by atoms with E-state index in [1.165, 1.54) is 12.1 Å². The molecule has 35 heavy (non-hydrogen) atoms. The number of rotatable bonds is 12. The zero-order chi connectivity index (χ0) is 25.5. The summed E-state index contributed by atoms with van der Waals surface area (Å²) < 4.78 is 27.9. The molecule has 0 bridgehead atoms. The minimum atomic E-state index is -0.934. The summed E-state index contributed by atoms with van der Waals surface area (Å²) in [6.07, 6.45) is 3.53. The van der Waals surface area contributed by atoms with Crippen LogP contribution in [0.2, 0.25) is 0 Å². The Kier molecular flexibility index (Phi) is 7.68. The maximum atomic E-state index is 13.5. The predicted molar refractivity (Wildman–Crippen MR) is 133 cm³/mol. The molecule has 0 saturated heterocycles. The molecule has 182 valence electrons. The van der Waals surface area contributed by atoms with E-state index in [2.05, 4.69) is 0 Å². The van der Waals surface area contributed by atoms with Crippen molar-refractivity contribution < 1.29 is 25.2 Å². The second kappa shape index (κ2) is 11.6. The summed E-state index contributed by atoms with van der Waals surface area (Å²) >= 11 is 0. The van der Waals surface area contributed by atoms with Crippen molar-refractivity contribution in [1.29, 1.82) is 0 Å². The largest absolute Gasteiger partial charge is 0.493 e. The summed E-state index contributed by atoms with van der Waals surface area (Å²) in [5, 5.41) is 8.75. The molecular formula is C29H30FNO4. The van der Waals surface area contributed by atoms with Gasteiger partial charge in [0.1, 0.15) is 11.6 Å². The summed E-state index contributed by atoms with van der Waals surface area (Å²) in [5.74, 6) is -0.629. The van der Waals surface area contributed by atoms with Crippen LogP contribution in [-0.2, 0) is 11.3 Å². The molecule has 1 saturated carbocycles. The first-order chi connectivity index (χ1) is 17.4. The van der Waals surface area contributed by atoms with Gasteiger partial charge >= 0.3 is 5.97 Å². The lowest BCUT2D eigenvalue weighted by Gasteiger charge is -2.24. The van der Waals surface area contributed by atoms with Crippen LogP contribution in [0.15, 0.2) is 72.8 Å². The molecule has 0 aromatic heterocycles. The van der Waals surface area contributed by atoms with E-state index >= 15 is 0 Å². The van der Waals surface area contributed by atoms with Gasteiger partial charge in [0.15, 0.2) is 0 Å². The first kappa shape index (κ1) is 23.1. The Labute approximate surface area is 206 Å². The van der Waals surface area contributed by atoms with Gasteiger partial charge in [0.2, 0.25) is 0 Å². The number of nitrogens with zero attached hydrogens (tertiary/aromatic N) is 1. The van der Waals surface area contributed by atoms with E-state index in [0.29, 0.717) is 37.2 Å². The molecule has 0 aliphatic heterocycles. The molecule has 3 aromatic rings.